The number of amides is 4. The second-order valence-corrected chi connectivity index (χ2v) is 6.05. The third-order valence-electron chi connectivity index (χ3n) is 3.16. The lowest BCUT2D eigenvalue weighted by Gasteiger charge is -2.13. The highest BCUT2D eigenvalue weighted by atomic mass is 32.2. The highest BCUT2D eigenvalue weighted by Crippen LogP contribution is 2.28. The van der Waals surface area contributed by atoms with Gasteiger partial charge >= 0.3 is 6.03 Å². The highest BCUT2D eigenvalue weighted by molar-refractivity contribution is 8.08. The summed E-state index contributed by atoms with van der Waals surface area (Å²) >= 11 is 1.68. The van der Waals surface area contributed by atoms with Crippen molar-refractivity contribution >= 4 is 34.5 Å². The Labute approximate surface area is 139 Å². The average molecular weight is 330 g/mol. The Morgan fingerprint density at radius 1 is 1.09 bits per heavy atom. The van der Waals surface area contributed by atoms with Crippen molar-refractivity contribution in [3.05, 3.63) is 53.6 Å². The molecule has 2 N–H and O–H groups in total. The Kier molecular flexibility index (Phi) is 6.17. The molecule has 1 aromatic rings. The van der Waals surface area contributed by atoms with Crippen molar-refractivity contribution in [2.24, 2.45) is 0 Å². The van der Waals surface area contributed by atoms with Gasteiger partial charge < -0.3 is 0 Å². The zero-order valence-corrected chi connectivity index (χ0v) is 13.6. The zero-order valence-electron chi connectivity index (χ0n) is 12.8. The first-order chi connectivity index (χ1) is 11.1. The van der Waals surface area contributed by atoms with Gasteiger partial charge in [0.2, 0.25) is 0 Å². The minimum atomic E-state index is -0.790. The Balaban J connectivity index is 2.25. The normalized spacial score (nSPS) is 15.3. The molecule has 0 aliphatic carbocycles. The zero-order chi connectivity index (χ0) is 16.7. The minimum Gasteiger partial charge on any atom is -0.273 e. The molecule has 120 valence electrons. The van der Waals surface area contributed by atoms with Gasteiger partial charge in [-0.05, 0) is 29.9 Å². The Morgan fingerprint density at radius 2 is 1.74 bits per heavy atom. The van der Waals surface area contributed by atoms with Crippen molar-refractivity contribution in [2.45, 2.75) is 19.8 Å². The number of barbiturate groups is 1. The number of nitrogens with one attached hydrogen (secondary N) is 2. The van der Waals surface area contributed by atoms with Crippen molar-refractivity contribution in [1.82, 2.24) is 10.6 Å². The molecular weight excluding hydrogens is 312 g/mol. The van der Waals surface area contributed by atoms with Gasteiger partial charge in [-0.2, -0.15) is 0 Å². The molecule has 5 nitrogen and oxygen atoms in total. The Morgan fingerprint density at radius 3 is 2.35 bits per heavy atom. The van der Waals surface area contributed by atoms with Crippen LogP contribution in [0, 0.1) is 0 Å². The number of allylic oxidation sites excluding steroid dienone is 2. The van der Waals surface area contributed by atoms with Gasteiger partial charge in [0.15, 0.2) is 0 Å². The lowest BCUT2D eigenvalue weighted by molar-refractivity contribution is -0.124. The van der Waals surface area contributed by atoms with E-state index in [0.717, 1.165) is 29.1 Å². The van der Waals surface area contributed by atoms with Gasteiger partial charge in [0, 0.05) is 4.91 Å². The lowest BCUT2D eigenvalue weighted by Crippen LogP contribution is -2.51. The van der Waals surface area contributed by atoms with Gasteiger partial charge in [-0.15, -0.1) is 11.8 Å². The fourth-order valence-corrected chi connectivity index (χ4v) is 3.06. The number of carbonyl (C=O) groups is 3. The predicted molar refractivity (Wildman–Crippen MR) is 91.5 cm³/mol. The fraction of sp³-hybridized carbons (Fsp3) is 0.235. The number of imide groups is 2. The summed E-state index contributed by atoms with van der Waals surface area (Å²) in [7, 11) is 0. The molecule has 0 radical (unpaired) electrons. The number of urea groups is 1. The maximum Gasteiger partial charge on any atom is 0.328 e. The van der Waals surface area contributed by atoms with Crippen LogP contribution in [0.4, 0.5) is 4.79 Å². The summed E-state index contributed by atoms with van der Waals surface area (Å²) in [6, 6.07) is 8.98. The van der Waals surface area contributed by atoms with E-state index in [1.807, 2.05) is 30.3 Å². The van der Waals surface area contributed by atoms with Crippen LogP contribution in [0.3, 0.4) is 0 Å². The second kappa shape index (κ2) is 8.33. The number of hydrogen-bond donors (Lipinski definition) is 2. The van der Waals surface area contributed by atoms with E-state index in [9.17, 15) is 14.4 Å². The molecule has 0 bridgehead atoms. The predicted octanol–water partition coefficient (Wildman–Crippen LogP) is 2.85. The molecule has 0 saturated carbocycles. The van der Waals surface area contributed by atoms with Crippen LogP contribution >= 0.6 is 11.8 Å². The molecule has 2 rings (SSSR count). The molecule has 1 aromatic carbocycles. The fourth-order valence-electron chi connectivity index (χ4n) is 1.94. The monoisotopic (exact) mass is 330 g/mol. The second-order valence-electron chi connectivity index (χ2n) is 4.92. The first kappa shape index (κ1) is 17.0. The molecule has 6 heteroatoms. The van der Waals surface area contributed by atoms with Crippen molar-refractivity contribution < 1.29 is 14.4 Å². The lowest BCUT2D eigenvalue weighted by atomic mass is 10.1. The SMILES string of the molecule is CCCCS/C(=C\C=C1C(=O)NC(=O)NC1=O)c1ccccc1. The first-order valence-electron chi connectivity index (χ1n) is 7.38. The summed E-state index contributed by atoms with van der Waals surface area (Å²) in [6.07, 6.45) is 5.39. The summed E-state index contributed by atoms with van der Waals surface area (Å²) in [6.45, 7) is 2.13. The molecule has 4 amide bonds. The van der Waals surface area contributed by atoms with Crippen molar-refractivity contribution in [2.75, 3.05) is 5.75 Å². The van der Waals surface area contributed by atoms with Crippen LogP contribution in [0.1, 0.15) is 25.3 Å². The highest BCUT2D eigenvalue weighted by Gasteiger charge is 2.27. The van der Waals surface area contributed by atoms with Crippen LogP contribution in [-0.4, -0.2) is 23.6 Å². The third kappa shape index (κ3) is 4.82. The van der Waals surface area contributed by atoms with Crippen LogP contribution < -0.4 is 10.6 Å². The number of benzene rings is 1. The van der Waals surface area contributed by atoms with Gasteiger partial charge in [0.05, 0.1) is 0 Å². The van der Waals surface area contributed by atoms with Gasteiger partial charge in [-0.25, -0.2) is 4.79 Å². The van der Waals surface area contributed by atoms with Crippen molar-refractivity contribution in [1.29, 1.82) is 0 Å². The maximum atomic E-state index is 11.7. The smallest absolute Gasteiger partial charge is 0.273 e. The van der Waals surface area contributed by atoms with E-state index in [2.05, 4.69) is 17.6 Å². The van der Waals surface area contributed by atoms with Gasteiger partial charge in [0.25, 0.3) is 11.8 Å². The third-order valence-corrected chi connectivity index (χ3v) is 4.33. The number of hydrogen-bond acceptors (Lipinski definition) is 4. The van der Waals surface area contributed by atoms with Gasteiger partial charge in [-0.3, -0.25) is 20.2 Å². The number of carbonyl (C=O) groups excluding carboxylic acids is 3. The summed E-state index contributed by atoms with van der Waals surface area (Å²) in [5.41, 5.74) is 0.951. The molecule has 0 unspecified atom stereocenters. The van der Waals surface area contributed by atoms with Crippen molar-refractivity contribution in [3.8, 4) is 0 Å². The quantitative estimate of drug-likeness (QED) is 0.478. The summed E-state index contributed by atoms with van der Waals surface area (Å²) in [5.74, 6) is -0.404. The van der Waals surface area contributed by atoms with Crippen molar-refractivity contribution in [3.63, 3.8) is 0 Å². The summed E-state index contributed by atoms with van der Waals surface area (Å²) in [4.78, 5) is 35.5. The van der Waals surface area contributed by atoms with E-state index in [1.165, 1.54) is 6.08 Å². The molecule has 0 aromatic heterocycles. The van der Waals surface area contributed by atoms with E-state index >= 15 is 0 Å². The van der Waals surface area contributed by atoms with E-state index in [4.69, 9.17) is 0 Å². The topological polar surface area (TPSA) is 75.3 Å². The molecule has 1 saturated heterocycles. The van der Waals surface area contributed by atoms with E-state index in [0.29, 0.717) is 0 Å². The largest absolute Gasteiger partial charge is 0.328 e. The molecule has 0 spiro atoms. The average Bonchev–Trinajstić information content (AvgIpc) is 2.53. The molecule has 1 aliphatic heterocycles. The molecule has 23 heavy (non-hydrogen) atoms. The van der Waals surface area contributed by atoms with Crippen LogP contribution in [0.25, 0.3) is 4.91 Å². The van der Waals surface area contributed by atoms with Gasteiger partial charge in [0.1, 0.15) is 5.57 Å². The number of unbranched alkanes of at least 4 members (excludes halogenated alkanes) is 1. The minimum absolute atomic E-state index is 0.0749. The molecular formula is C17H18N2O3S. The molecule has 0 atom stereocenters. The molecule has 1 aliphatic rings. The van der Waals surface area contributed by atoms with Gasteiger partial charge in [-0.1, -0.05) is 43.7 Å². The van der Waals surface area contributed by atoms with E-state index < -0.39 is 17.8 Å². The maximum absolute atomic E-state index is 11.7. The van der Waals surface area contributed by atoms with Crippen LogP contribution in [0.2, 0.25) is 0 Å². The first-order valence-corrected chi connectivity index (χ1v) is 8.37. The number of thioether (sulfide) groups is 1. The van der Waals surface area contributed by atoms with Crippen LogP contribution in [0.15, 0.2) is 48.1 Å². The summed E-state index contributed by atoms with van der Waals surface area (Å²) < 4.78 is 0. The molecule has 1 fully saturated rings. The Bertz CT molecular complexity index is 644. The molecule has 1 heterocycles. The van der Waals surface area contributed by atoms with E-state index in [-0.39, 0.29) is 5.57 Å². The van der Waals surface area contributed by atoms with E-state index in [1.54, 1.807) is 17.8 Å². The van der Waals surface area contributed by atoms with Crippen LogP contribution in [0.5, 0.6) is 0 Å². The van der Waals surface area contributed by atoms with Crippen LogP contribution in [-0.2, 0) is 9.59 Å². The standard InChI is InChI=1S/C17H18N2O3S/c1-2-3-11-23-14(12-7-5-4-6-8-12)10-9-13-15(20)18-17(22)19-16(13)21/h4-10H,2-3,11H2,1H3,(H2,18,19,20,21,22)/b14-10-. The number of rotatable bonds is 6. The summed E-state index contributed by atoms with van der Waals surface area (Å²) in [5, 5.41) is 4.12. The Hall–Kier alpha value is -2.34.